The normalized spacial score (nSPS) is 16.4. The Labute approximate surface area is 168 Å². The number of hydrogen-bond acceptors (Lipinski definition) is 4. The van der Waals surface area contributed by atoms with Crippen molar-refractivity contribution in [3.63, 3.8) is 0 Å². The maximum atomic E-state index is 6.04. The van der Waals surface area contributed by atoms with Crippen molar-refractivity contribution >= 4 is 23.2 Å². The standard InChI is InChI=1S/C21H18Cl2N2O2/c22-17-5-1-15(2-6-17)20-21(16-3-7-18(23)8-4-16)25-19(11-24-20)27-13-14-9-10-26-12-14/h1-8,11,14H,9-10,12-13H2. The quantitative estimate of drug-likeness (QED) is 0.564. The van der Waals surface area contributed by atoms with E-state index >= 15 is 0 Å². The van der Waals surface area contributed by atoms with Gasteiger partial charge in [0.2, 0.25) is 5.88 Å². The van der Waals surface area contributed by atoms with Crippen LogP contribution in [0.5, 0.6) is 5.88 Å². The lowest BCUT2D eigenvalue weighted by molar-refractivity contribution is 0.165. The summed E-state index contributed by atoms with van der Waals surface area (Å²) in [5.74, 6) is 0.909. The van der Waals surface area contributed by atoms with Crippen molar-refractivity contribution in [2.45, 2.75) is 6.42 Å². The van der Waals surface area contributed by atoms with E-state index in [2.05, 4.69) is 4.98 Å². The zero-order chi connectivity index (χ0) is 18.6. The minimum Gasteiger partial charge on any atom is -0.476 e. The second-order valence-corrected chi connectivity index (χ2v) is 7.33. The highest BCUT2D eigenvalue weighted by molar-refractivity contribution is 6.31. The number of rotatable bonds is 5. The van der Waals surface area contributed by atoms with E-state index in [9.17, 15) is 0 Å². The summed E-state index contributed by atoms with van der Waals surface area (Å²) in [7, 11) is 0. The molecule has 0 aliphatic carbocycles. The Kier molecular flexibility index (Phi) is 5.58. The zero-order valence-corrected chi connectivity index (χ0v) is 16.1. The van der Waals surface area contributed by atoms with E-state index in [0.717, 1.165) is 42.1 Å². The van der Waals surface area contributed by atoms with Gasteiger partial charge in [-0.3, -0.25) is 0 Å². The summed E-state index contributed by atoms with van der Waals surface area (Å²) in [6.07, 6.45) is 2.68. The summed E-state index contributed by atoms with van der Waals surface area (Å²) in [6.45, 7) is 2.11. The SMILES string of the molecule is Clc1ccc(-c2ncc(OCC3CCOC3)nc2-c2ccc(Cl)cc2)cc1. The van der Waals surface area contributed by atoms with Crippen LogP contribution < -0.4 is 4.74 Å². The van der Waals surface area contributed by atoms with Gasteiger partial charge in [-0.25, -0.2) is 9.97 Å². The van der Waals surface area contributed by atoms with Crippen molar-refractivity contribution in [2.75, 3.05) is 19.8 Å². The minimum atomic E-state index is 0.404. The van der Waals surface area contributed by atoms with E-state index in [0.29, 0.717) is 28.5 Å². The molecule has 1 fully saturated rings. The van der Waals surface area contributed by atoms with Gasteiger partial charge >= 0.3 is 0 Å². The van der Waals surface area contributed by atoms with Crippen LogP contribution in [-0.2, 0) is 4.74 Å². The lowest BCUT2D eigenvalue weighted by atomic mass is 10.0. The Morgan fingerprint density at radius 3 is 2.15 bits per heavy atom. The summed E-state index contributed by atoms with van der Waals surface area (Å²) < 4.78 is 11.3. The first-order valence-electron chi connectivity index (χ1n) is 8.78. The molecule has 4 nitrogen and oxygen atoms in total. The Bertz CT molecular complexity index is 908. The van der Waals surface area contributed by atoms with Crippen LogP contribution in [0.2, 0.25) is 10.0 Å². The Balaban J connectivity index is 1.69. The maximum absolute atomic E-state index is 6.04. The molecule has 27 heavy (non-hydrogen) atoms. The molecular weight excluding hydrogens is 383 g/mol. The number of nitrogens with zero attached hydrogens (tertiary/aromatic N) is 2. The Morgan fingerprint density at radius 1 is 0.926 bits per heavy atom. The molecule has 0 saturated carbocycles. The van der Waals surface area contributed by atoms with Crippen LogP contribution in [0.3, 0.4) is 0 Å². The minimum absolute atomic E-state index is 0.404. The molecule has 1 aromatic heterocycles. The Morgan fingerprint density at radius 2 is 1.56 bits per heavy atom. The summed E-state index contributed by atoms with van der Waals surface area (Å²) >= 11 is 12.1. The predicted octanol–water partition coefficient (Wildman–Crippen LogP) is 5.53. The van der Waals surface area contributed by atoms with Gasteiger partial charge < -0.3 is 9.47 Å². The molecular formula is C21H18Cl2N2O2. The first-order chi connectivity index (χ1) is 13.2. The van der Waals surface area contributed by atoms with Gasteiger partial charge in [0, 0.05) is 33.7 Å². The fourth-order valence-electron chi connectivity index (χ4n) is 2.99. The molecule has 0 bridgehead atoms. The highest BCUT2D eigenvalue weighted by Gasteiger charge is 2.18. The van der Waals surface area contributed by atoms with Crippen LogP contribution in [0.4, 0.5) is 0 Å². The molecule has 1 saturated heterocycles. The average molecular weight is 401 g/mol. The number of benzene rings is 2. The fourth-order valence-corrected chi connectivity index (χ4v) is 3.24. The van der Waals surface area contributed by atoms with Crippen molar-refractivity contribution in [3.05, 3.63) is 64.8 Å². The summed E-state index contributed by atoms with van der Waals surface area (Å²) in [6, 6.07) is 15.1. The first kappa shape index (κ1) is 18.2. The number of aromatic nitrogens is 2. The Hall–Kier alpha value is -2.14. The predicted molar refractivity (Wildman–Crippen MR) is 107 cm³/mol. The lowest BCUT2D eigenvalue weighted by Crippen LogP contribution is -2.12. The van der Waals surface area contributed by atoms with Crippen LogP contribution in [0.25, 0.3) is 22.5 Å². The van der Waals surface area contributed by atoms with Crippen LogP contribution in [-0.4, -0.2) is 29.8 Å². The van der Waals surface area contributed by atoms with E-state index < -0.39 is 0 Å². The second-order valence-electron chi connectivity index (χ2n) is 6.46. The van der Waals surface area contributed by atoms with Crippen LogP contribution in [0.1, 0.15) is 6.42 Å². The molecule has 4 rings (SSSR count). The molecule has 1 aliphatic rings. The van der Waals surface area contributed by atoms with Gasteiger partial charge in [-0.2, -0.15) is 0 Å². The maximum Gasteiger partial charge on any atom is 0.232 e. The van der Waals surface area contributed by atoms with E-state index in [1.807, 2.05) is 48.5 Å². The van der Waals surface area contributed by atoms with Crippen LogP contribution in [0.15, 0.2) is 54.7 Å². The molecule has 0 N–H and O–H groups in total. The lowest BCUT2D eigenvalue weighted by Gasteiger charge is -2.13. The summed E-state index contributed by atoms with van der Waals surface area (Å²) in [5, 5.41) is 1.35. The fraction of sp³-hybridized carbons (Fsp3) is 0.238. The highest BCUT2D eigenvalue weighted by Crippen LogP contribution is 2.31. The molecule has 1 unspecified atom stereocenters. The first-order valence-corrected chi connectivity index (χ1v) is 9.54. The largest absolute Gasteiger partial charge is 0.476 e. The van der Waals surface area contributed by atoms with Crippen LogP contribution in [0, 0.1) is 5.92 Å². The third kappa shape index (κ3) is 4.41. The molecule has 0 spiro atoms. The highest BCUT2D eigenvalue weighted by atomic mass is 35.5. The third-order valence-electron chi connectivity index (χ3n) is 4.48. The molecule has 138 valence electrons. The monoisotopic (exact) mass is 400 g/mol. The molecule has 6 heteroatoms. The molecule has 0 radical (unpaired) electrons. The third-order valence-corrected chi connectivity index (χ3v) is 4.98. The van der Waals surface area contributed by atoms with Crippen molar-refractivity contribution in [1.29, 1.82) is 0 Å². The smallest absolute Gasteiger partial charge is 0.232 e. The van der Waals surface area contributed by atoms with E-state index in [1.54, 1.807) is 6.20 Å². The van der Waals surface area contributed by atoms with Gasteiger partial charge in [0.1, 0.15) is 5.69 Å². The molecule has 0 amide bonds. The van der Waals surface area contributed by atoms with Gasteiger partial charge in [0.15, 0.2) is 0 Å². The topological polar surface area (TPSA) is 44.2 Å². The molecule has 2 aromatic carbocycles. The zero-order valence-electron chi connectivity index (χ0n) is 14.6. The molecule has 2 heterocycles. The average Bonchev–Trinajstić information content (AvgIpc) is 3.21. The summed E-state index contributed by atoms with van der Waals surface area (Å²) in [4.78, 5) is 9.36. The van der Waals surface area contributed by atoms with Crippen molar-refractivity contribution in [2.24, 2.45) is 5.92 Å². The number of ether oxygens (including phenoxy) is 2. The van der Waals surface area contributed by atoms with E-state index in [-0.39, 0.29) is 0 Å². The molecule has 1 aliphatic heterocycles. The number of hydrogen-bond donors (Lipinski definition) is 0. The molecule has 3 aromatic rings. The van der Waals surface area contributed by atoms with Gasteiger partial charge in [0.05, 0.1) is 25.1 Å². The van der Waals surface area contributed by atoms with Gasteiger partial charge in [-0.1, -0.05) is 47.5 Å². The van der Waals surface area contributed by atoms with Crippen LogP contribution >= 0.6 is 23.2 Å². The molecule has 1 atom stereocenters. The van der Waals surface area contributed by atoms with Crippen molar-refractivity contribution in [3.8, 4) is 28.4 Å². The van der Waals surface area contributed by atoms with E-state index in [1.165, 1.54) is 0 Å². The van der Waals surface area contributed by atoms with Gasteiger partial charge in [0.25, 0.3) is 0 Å². The van der Waals surface area contributed by atoms with Crippen molar-refractivity contribution < 1.29 is 9.47 Å². The summed E-state index contributed by atoms with van der Waals surface area (Å²) in [5.41, 5.74) is 3.37. The second kappa shape index (κ2) is 8.26. The van der Waals surface area contributed by atoms with Crippen molar-refractivity contribution in [1.82, 2.24) is 9.97 Å². The van der Waals surface area contributed by atoms with Gasteiger partial charge in [-0.15, -0.1) is 0 Å². The number of halogens is 2. The van der Waals surface area contributed by atoms with Gasteiger partial charge in [-0.05, 0) is 30.7 Å². The van der Waals surface area contributed by atoms with E-state index in [4.69, 9.17) is 37.7 Å².